The van der Waals surface area contributed by atoms with Gasteiger partial charge in [0, 0.05) is 25.2 Å². The van der Waals surface area contributed by atoms with Crippen molar-refractivity contribution in [3.05, 3.63) is 29.8 Å². The first-order valence-electron chi connectivity index (χ1n) is 6.48. The number of benzene rings is 1. The maximum absolute atomic E-state index is 11.8. The molecule has 1 aromatic rings. The third kappa shape index (κ3) is 3.94. The van der Waals surface area contributed by atoms with Crippen LogP contribution in [0.1, 0.15) is 12.0 Å². The van der Waals surface area contributed by atoms with Gasteiger partial charge in [0.05, 0.1) is 19.8 Å². The van der Waals surface area contributed by atoms with E-state index in [4.69, 9.17) is 4.74 Å². The first-order valence-corrected chi connectivity index (χ1v) is 6.48. The molecule has 0 bridgehead atoms. The minimum atomic E-state index is -0.290. The molecule has 5 heteroatoms. The van der Waals surface area contributed by atoms with Crippen molar-refractivity contribution in [3.8, 4) is 5.75 Å². The number of aliphatic hydroxyl groups excluding tert-OH is 1. The Morgan fingerprint density at radius 1 is 1.53 bits per heavy atom. The lowest BCUT2D eigenvalue weighted by Crippen LogP contribution is -2.36. The Bertz CT molecular complexity index is 436. The smallest absolute Gasteiger partial charge is 0.234 e. The van der Waals surface area contributed by atoms with Crippen LogP contribution in [0.4, 0.5) is 0 Å². The predicted octanol–water partition coefficient (Wildman–Crippen LogP) is 0.378. The Labute approximate surface area is 113 Å². The van der Waals surface area contributed by atoms with E-state index >= 15 is 0 Å². The molecule has 1 aliphatic heterocycles. The quantitative estimate of drug-likeness (QED) is 0.807. The number of aliphatic hydroxyl groups is 1. The van der Waals surface area contributed by atoms with Gasteiger partial charge in [0.1, 0.15) is 5.75 Å². The summed E-state index contributed by atoms with van der Waals surface area (Å²) in [5.74, 6) is 0.749. The van der Waals surface area contributed by atoms with Crippen LogP contribution in [0.25, 0.3) is 0 Å². The molecule has 2 rings (SSSR count). The second-order valence-corrected chi connectivity index (χ2v) is 4.77. The van der Waals surface area contributed by atoms with Crippen LogP contribution in [0, 0.1) is 0 Å². The van der Waals surface area contributed by atoms with Crippen LogP contribution < -0.4 is 10.1 Å². The van der Waals surface area contributed by atoms with Crippen molar-refractivity contribution in [3.63, 3.8) is 0 Å². The van der Waals surface area contributed by atoms with Gasteiger partial charge < -0.3 is 15.2 Å². The number of methoxy groups -OCH3 is 1. The monoisotopic (exact) mass is 264 g/mol. The predicted molar refractivity (Wildman–Crippen MR) is 71.9 cm³/mol. The van der Waals surface area contributed by atoms with Gasteiger partial charge in [0.15, 0.2) is 0 Å². The Morgan fingerprint density at radius 2 is 2.32 bits per heavy atom. The van der Waals surface area contributed by atoms with E-state index in [1.165, 1.54) is 0 Å². The fourth-order valence-corrected chi connectivity index (χ4v) is 2.26. The summed E-state index contributed by atoms with van der Waals surface area (Å²) in [7, 11) is 1.62. The highest BCUT2D eigenvalue weighted by atomic mass is 16.5. The molecular weight excluding hydrogens is 244 g/mol. The lowest BCUT2D eigenvalue weighted by Gasteiger charge is -2.15. The number of amides is 1. The highest BCUT2D eigenvalue weighted by Gasteiger charge is 2.21. The molecule has 1 fully saturated rings. The van der Waals surface area contributed by atoms with Gasteiger partial charge in [0.25, 0.3) is 0 Å². The zero-order valence-corrected chi connectivity index (χ0v) is 11.1. The number of hydrogen-bond donors (Lipinski definition) is 2. The summed E-state index contributed by atoms with van der Waals surface area (Å²) in [6.07, 6.45) is 0.460. The second-order valence-electron chi connectivity index (χ2n) is 4.77. The van der Waals surface area contributed by atoms with Crippen LogP contribution >= 0.6 is 0 Å². The zero-order valence-electron chi connectivity index (χ0n) is 11.1. The Morgan fingerprint density at radius 3 is 3.00 bits per heavy atom. The number of rotatable bonds is 5. The van der Waals surface area contributed by atoms with E-state index in [0.29, 0.717) is 19.6 Å². The molecule has 19 heavy (non-hydrogen) atoms. The molecule has 1 aromatic carbocycles. The van der Waals surface area contributed by atoms with Crippen molar-refractivity contribution in [1.82, 2.24) is 10.2 Å². The Hall–Kier alpha value is -1.59. The van der Waals surface area contributed by atoms with Gasteiger partial charge in [-0.3, -0.25) is 9.69 Å². The molecule has 2 N–H and O–H groups in total. The summed E-state index contributed by atoms with van der Waals surface area (Å²) in [5, 5.41) is 12.3. The van der Waals surface area contributed by atoms with Crippen LogP contribution in [0.2, 0.25) is 0 Å². The number of para-hydroxylation sites is 1. The molecule has 1 aliphatic rings. The average molecular weight is 264 g/mol. The zero-order chi connectivity index (χ0) is 13.7. The average Bonchev–Trinajstić information content (AvgIpc) is 2.82. The molecule has 104 valence electrons. The van der Waals surface area contributed by atoms with E-state index < -0.39 is 0 Å². The minimum absolute atomic E-state index is 0.0278. The lowest BCUT2D eigenvalue weighted by atomic mass is 10.2. The summed E-state index contributed by atoms with van der Waals surface area (Å²) < 4.78 is 5.23. The van der Waals surface area contributed by atoms with Gasteiger partial charge in [-0.1, -0.05) is 18.2 Å². The summed E-state index contributed by atoms with van der Waals surface area (Å²) in [4.78, 5) is 13.8. The van der Waals surface area contributed by atoms with Crippen molar-refractivity contribution >= 4 is 5.91 Å². The van der Waals surface area contributed by atoms with Crippen LogP contribution in [0.3, 0.4) is 0 Å². The van der Waals surface area contributed by atoms with Gasteiger partial charge >= 0.3 is 0 Å². The van der Waals surface area contributed by atoms with Crippen LogP contribution in [0.5, 0.6) is 5.75 Å². The van der Waals surface area contributed by atoms with Gasteiger partial charge in [-0.05, 0) is 12.5 Å². The van der Waals surface area contributed by atoms with Gasteiger partial charge in [0.2, 0.25) is 5.91 Å². The molecule has 1 heterocycles. The summed E-state index contributed by atoms with van der Waals surface area (Å²) in [6, 6.07) is 7.62. The molecule has 1 saturated heterocycles. The van der Waals surface area contributed by atoms with E-state index in [1.807, 2.05) is 29.2 Å². The highest BCUT2D eigenvalue weighted by Crippen LogP contribution is 2.16. The maximum atomic E-state index is 11.8. The van der Waals surface area contributed by atoms with Crippen molar-refractivity contribution in [2.75, 3.05) is 26.7 Å². The normalized spacial score (nSPS) is 19.4. The number of hydrogen-bond acceptors (Lipinski definition) is 4. The molecule has 0 saturated carbocycles. The Balaban J connectivity index is 1.80. The number of nitrogens with zero attached hydrogens (tertiary/aromatic N) is 1. The number of ether oxygens (including phenoxy) is 1. The largest absolute Gasteiger partial charge is 0.496 e. The van der Waals surface area contributed by atoms with E-state index in [0.717, 1.165) is 24.3 Å². The second kappa shape index (κ2) is 6.54. The van der Waals surface area contributed by atoms with Gasteiger partial charge in [-0.2, -0.15) is 0 Å². The van der Waals surface area contributed by atoms with Crippen molar-refractivity contribution < 1.29 is 14.6 Å². The SMILES string of the molecule is COc1ccccc1CNC(=O)CN1CC[C@@H](O)C1. The third-order valence-corrected chi connectivity index (χ3v) is 3.28. The summed E-state index contributed by atoms with van der Waals surface area (Å²) >= 11 is 0. The number of nitrogens with one attached hydrogen (secondary N) is 1. The van der Waals surface area contributed by atoms with E-state index in [2.05, 4.69) is 5.32 Å². The first kappa shape index (κ1) is 13.8. The summed E-state index contributed by atoms with van der Waals surface area (Å²) in [5.41, 5.74) is 0.958. The molecule has 0 spiro atoms. The standard InChI is InChI=1S/C14H20N2O3/c1-19-13-5-3-2-4-11(13)8-15-14(18)10-16-7-6-12(17)9-16/h2-5,12,17H,6-10H2,1H3,(H,15,18)/t12-/m1/s1. The topological polar surface area (TPSA) is 61.8 Å². The molecule has 5 nitrogen and oxygen atoms in total. The third-order valence-electron chi connectivity index (χ3n) is 3.28. The number of carbonyl (C=O) groups is 1. The van der Waals surface area contributed by atoms with Crippen LogP contribution in [-0.4, -0.2) is 48.8 Å². The van der Waals surface area contributed by atoms with E-state index in [-0.39, 0.29) is 12.0 Å². The molecular formula is C14H20N2O3. The first-order chi connectivity index (χ1) is 9.19. The Kier molecular flexibility index (Phi) is 4.76. The molecule has 1 amide bonds. The molecule has 0 aliphatic carbocycles. The van der Waals surface area contributed by atoms with Crippen LogP contribution in [-0.2, 0) is 11.3 Å². The van der Waals surface area contributed by atoms with Crippen molar-refractivity contribution in [2.24, 2.45) is 0 Å². The van der Waals surface area contributed by atoms with Crippen LogP contribution in [0.15, 0.2) is 24.3 Å². The van der Waals surface area contributed by atoms with Crippen molar-refractivity contribution in [1.29, 1.82) is 0 Å². The lowest BCUT2D eigenvalue weighted by molar-refractivity contribution is -0.122. The fourth-order valence-electron chi connectivity index (χ4n) is 2.26. The number of carbonyl (C=O) groups excluding carboxylic acids is 1. The number of β-amino-alcohol motifs (C(OH)–C–C–N with tert-alkyl or cyclic N) is 1. The van der Waals surface area contributed by atoms with Gasteiger partial charge in [-0.15, -0.1) is 0 Å². The molecule has 0 aromatic heterocycles. The molecule has 0 radical (unpaired) electrons. The van der Waals surface area contributed by atoms with E-state index in [1.54, 1.807) is 7.11 Å². The molecule has 0 unspecified atom stereocenters. The van der Waals surface area contributed by atoms with Gasteiger partial charge in [-0.25, -0.2) is 0 Å². The molecule has 1 atom stereocenters. The summed E-state index contributed by atoms with van der Waals surface area (Å²) in [6.45, 7) is 2.16. The number of likely N-dealkylation sites (tertiary alicyclic amines) is 1. The maximum Gasteiger partial charge on any atom is 0.234 e. The fraction of sp³-hybridized carbons (Fsp3) is 0.500. The van der Waals surface area contributed by atoms with E-state index in [9.17, 15) is 9.90 Å². The highest BCUT2D eigenvalue weighted by molar-refractivity contribution is 5.78. The minimum Gasteiger partial charge on any atom is -0.496 e. The van der Waals surface area contributed by atoms with Crippen molar-refractivity contribution in [2.45, 2.75) is 19.1 Å².